The number of imide groups is 1. The Labute approximate surface area is 270 Å². The zero-order chi connectivity index (χ0) is 32.4. The van der Waals surface area contributed by atoms with Crippen LogP contribution in [0.25, 0.3) is 5.65 Å². The van der Waals surface area contributed by atoms with Gasteiger partial charge in [-0.2, -0.15) is 0 Å². The smallest absolute Gasteiger partial charge is 0.331 e. The normalized spacial score (nSPS) is 21.4. The number of aliphatic hydroxyl groups excluding tert-OH is 1. The van der Waals surface area contributed by atoms with Gasteiger partial charge < -0.3 is 20.1 Å². The van der Waals surface area contributed by atoms with E-state index in [4.69, 9.17) is 9.97 Å². The molecule has 3 aliphatic carbocycles. The Balaban J connectivity index is 1.04. The lowest BCUT2D eigenvalue weighted by Crippen LogP contribution is -2.35. The third-order valence-corrected chi connectivity index (χ3v) is 9.31. The number of carbonyl (C=O) groups excluding carboxylic acids is 3. The van der Waals surface area contributed by atoms with Gasteiger partial charge in [0.15, 0.2) is 5.65 Å². The van der Waals surface area contributed by atoms with Crippen molar-refractivity contribution in [1.29, 1.82) is 0 Å². The number of aromatic nitrogens is 6. The number of β-amino-alcohol motifs (C(OH)–C–C–N with tert-alkyl or cyclic N) is 1. The standard InChI is InChI=1S/C33H36N10O4/c1-17-7-8-34-30(35-17)22-12-23(22)32(46)40-27-13-26(38-29(39-27)20-5-6-20)36-18(2)24-15-41-14-21(19-3-4-19)11-25(31(41)37-24)43-16-28(45)42(9-10-44)33(43)47/h7-8,11,13-15,18-20,22-23,44H,3-6,9-10,12,16H2,1-2H3,(H2,36,38,39,40,46)/t18?,22-,23-/m0/s1. The van der Waals surface area contributed by atoms with Gasteiger partial charge in [0.25, 0.3) is 5.91 Å². The lowest BCUT2D eigenvalue weighted by atomic mass is 10.1. The number of amides is 4. The van der Waals surface area contributed by atoms with Crippen molar-refractivity contribution in [2.24, 2.45) is 5.92 Å². The van der Waals surface area contributed by atoms with E-state index in [2.05, 4.69) is 25.6 Å². The Morgan fingerprint density at radius 1 is 1.02 bits per heavy atom. The molecule has 0 spiro atoms. The van der Waals surface area contributed by atoms with Crippen molar-refractivity contribution in [3.8, 4) is 0 Å². The summed E-state index contributed by atoms with van der Waals surface area (Å²) < 4.78 is 1.92. The van der Waals surface area contributed by atoms with Crippen LogP contribution in [0.5, 0.6) is 0 Å². The van der Waals surface area contributed by atoms with Gasteiger partial charge in [0.05, 0.1) is 30.6 Å². The van der Waals surface area contributed by atoms with Crippen LogP contribution in [0.15, 0.2) is 36.8 Å². The van der Waals surface area contributed by atoms with Crippen LogP contribution in [0.1, 0.15) is 91.4 Å². The molecule has 4 fully saturated rings. The summed E-state index contributed by atoms with van der Waals surface area (Å²) in [5, 5.41) is 15.8. The first-order valence-electron chi connectivity index (χ1n) is 16.3. The number of nitrogens with one attached hydrogen (secondary N) is 2. The molecule has 0 aromatic carbocycles. The van der Waals surface area contributed by atoms with E-state index in [1.807, 2.05) is 42.8 Å². The van der Waals surface area contributed by atoms with Gasteiger partial charge in [-0.3, -0.25) is 19.4 Å². The molecule has 0 bridgehead atoms. The Morgan fingerprint density at radius 3 is 2.55 bits per heavy atom. The molecule has 1 saturated heterocycles. The van der Waals surface area contributed by atoms with Crippen LogP contribution in [0.4, 0.5) is 22.1 Å². The fraction of sp³-hybridized carbons (Fsp3) is 0.455. The molecule has 3 N–H and O–H groups in total. The van der Waals surface area contributed by atoms with Crippen molar-refractivity contribution in [3.63, 3.8) is 0 Å². The summed E-state index contributed by atoms with van der Waals surface area (Å²) in [6.07, 6.45) is 10.6. The van der Waals surface area contributed by atoms with Crippen LogP contribution in [0, 0.1) is 12.8 Å². The average Bonchev–Trinajstić information content (AvgIpc) is 3.93. The van der Waals surface area contributed by atoms with E-state index >= 15 is 0 Å². The highest BCUT2D eigenvalue weighted by Crippen LogP contribution is 2.47. The minimum absolute atomic E-state index is 0.00403. The number of aryl methyl sites for hydroxylation is 1. The summed E-state index contributed by atoms with van der Waals surface area (Å²) in [6.45, 7) is 3.46. The van der Waals surface area contributed by atoms with E-state index in [0.29, 0.717) is 47.0 Å². The zero-order valence-electron chi connectivity index (χ0n) is 26.3. The first kappa shape index (κ1) is 29.4. The molecule has 8 rings (SSSR count). The number of imidazole rings is 1. The topological polar surface area (TPSA) is 171 Å². The molecule has 4 aromatic heterocycles. The summed E-state index contributed by atoms with van der Waals surface area (Å²) in [5.41, 5.74) is 3.83. The maximum absolute atomic E-state index is 13.2. The van der Waals surface area contributed by atoms with Gasteiger partial charge in [0.2, 0.25) is 5.91 Å². The average molecular weight is 637 g/mol. The molecular formula is C33H36N10O4. The van der Waals surface area contributed by atoms with Crippen LogP contribution in [-0.2, 0) is 9.59 Å². The van der Waals surface area contributed by atoms with Crippen LogP contribution >= 0.6 is 0 Å². The van der Waals surface area contributed by atoms with Crippen LogP contribution < -0.4 is 15.5 Å². The fourth-order valence-corrected chi connectivity index (χ4v) is 6.28. The number of urea groups is 1. The van der Waals surface area contributed by atoms with Gasteiger partial charge in [-0.15, -0.1) is 0 Å². The largest absolute Gasteiger partial charge is 0.395 e. The number of rotatable bonds is 11. The second kappa shape index (κ2) is 11.4. The van der Waals surface area contributed by atoms with Gasteiger partial charge in [0.1, 0.15) is 29.8 Å². The number of hydrogen-bond acceptors (Lipinski definition) is 10. The summed E-state index contributed by atoms with van der Waals surface area (Å²) in [5.74, 6) is 2.45. The summed E-state index contributed by atoms with van der Waals surface area (Å²) >= 11 is 0. The Hall–Kier alpha value is -4.98. The maximum Gasteiger partial charge on any atom is 0.331 e. The van der Waals surface area contributed by atoms with Crippen LogP contribution in [0.3, 0.4) is 0 Å². The molecule has 4 amide bonds. The van der Waals surface area contributed by atoms with E-state index < -0.39 is 6.03 Å². The molecule has 3 saturated carbocycles. The molecule has 4 aromatic rings. The minimum Gasteiger partial charge on any atom is -0.395 e. The van der Waals surface area contributed by atoms with E-state index in [1.54, 1.807) is 12.3 Å². The monoisotopic (exact) mass is 636 g/mol. The Morgan fingerprint density at radius 2 is 1.81 bits per heavy atom. The van der Waals surface area contributed by atoms with Gasteiger partial charge in [-0.05, 0) is 69.6 Å². The number of fused-ring (bicyclic) bond motifs is 1. The predicted octanol–water partition coefficient (Wildman–Crippen LogP) is 3.65. The van der Waals surface area contributed by atoms with E-state index in [1.165, 1.54) is 4.90 Å². The highest BCUT2D eigenvalue weighted by atomic mass is 16.3. The van der Waals surface area contributed by atoms with Crippen molar-refractivity contribution >= 4 is 40.8 Å². The molecule has 0 radical (unpaired) electrons. The van der Waals surface area contributed by atoms with E-state index in [-0.39, 0.29) is 55.3 Å². The summed E-state index contributed by atoms with van der Waals surface area (Å²) in [6, 6.07) is 4.81. The molecular weight excluding hydrogens is 600 g/mol. The molecule has 242 valence electrons. The molecule has 14 heteroatoms. The highest BCUT2D eigenvalue weighted by Gasteiger charge is 2.46. The zero-order valence-corrected chi connectivity index (χ0v) is 26.3. The van der Waals surface area contributed by atoms with Crippen LogP contribution in [-0.4, -0.2) is 76.9 Å². The quantitative estimate of drug-likeness (QED) is 0.207. The molecule has 3 atom stereocenters. The molecule has 5 heterocycles. The van der Waals surface area contributed by atoms with Gasteiger partial charge >= 0.3 is 6.03 Å². The van der Waals surface area contributed by atoms with Crippen LogP contribution in [0.2, 0.25) is 0 Å². The molecule has 47 heavy (non-hydrogen) atoms. The van der Waals surface area contributed by atoms with Gasteiger partial charge in [-0.1, -0.05) is 0 Å². The highest BCUT2D eigenvalue weighted by molar-refractivity contribution is 6.13. The molecule has 4 aliphatic rings. The summed E-state index contributed by atoms with van der Waals surface area (Å²) in [7, 11) is 0. The van der Waals surface area contributed by atoms with Crippen molar-refractivity contribution in [3.05, 3.63) is 65.4 Å². The van der Waals surface area contributed by atoms with Gasteiger partial charge in [-0.25, -0.2) is 29.7 Å². The lowest BCUT2D eigenvalue weighted by Gasteiger charge is -2.18. The summed E-state index contributed by atoms with van der Waals surface area (Å²) in [4.78, 5) is 64.8. The predicted molar refractivity (Wildman–Crippen MR) is 171 cm³/mol. The molecule has 14 nitrogen and oxygen atoms in total. The number of carbonyl (C=O) groups is 3. The number of hydrogen-bond donors (Lipinski definition) is 3. The second-order valence-electron chi connectivity index (χ2n) is 13.1. The third kappa shape index (κ3) is 5.77. The first-order chi connectivity index (χ1) is 22.7. The van der Waals surface area contributed by atoms with Gasteiger partial charge in [0, 0.05) is 48.1 Å². The minimum atomic E-state index is -0.457. The van der Waals surface area contributed by atoms with Crippen molar-refractivity contribution in [1.82, 2.24) is 34.2 Å². The second-order valence-corrected chi connectivity index (χ2v) is 13.1. The Bertz CT molecular complexity index is 1920. The number of aliphatic hydroxyl groups is 1. The third-order valence-electron chi connectivity index (χ3n) is 9.31. The van der Waals surface area contributed by atoms with E-state index in [9.17, 15) is 19.5 Å². The van der Waals surface area contributed by atoms with Crippen molar-refractivity contribution in [2.75, 3.05) is 35.2 Å². The Kier molecular flexibility index (Phi) is 7.12. The number of anilines is 3. The van der Waals surface area contributed by atoms with Crippen molar-refractivity contribution < 1.29 is 19.5 Å². The lowest BCUT2D eigenvalue weighted by molar-refractivity contribution is -0.125. The van der Waals surface area contributed by atoms with Crippen molar-refractivity contribution in [2.45, 2.75) is 69.7 Å². The number of nitrogens with zero attached hydrogens (tertiary/aromatic N) is 8. The fourth-order valence-electron chi connectivity index (χ4n) is 6.28. The maximum atomic E-state index is 13.2. The SMILES string of the molecule is Cc1ccnc([C@H]2C[C@@H]2C(=O)Nc2cc(NC(C)c3cn4cc(C5CC5)cc(N5CC(=O)N(CCO)C5=O)c4n3)nc(C3CC3)n2)n1. The molecule has 1 unspecified atom stereocenters. The number of pyridine rings is 1. The molecule has 1 aliphatic heterocycles. The first-order valence-corrected chi connectivity index (χ1v) is 16.3. The van der Waals surface area contributed by atoms with E-state index in [0.717, 1.165) is 47.5 Å².